The molecular formula is C31H37N7O3. The summed E-state index contributed by atoms with van der Waals surface area (Å²) in [7, 11) is 1.68. The van der Waals surface area contributed by atoms with Gasteiger partial charge in [0.2, 0.25) is 5.91 Å². The van der Waals surface area contributed by atoms with Crippen LogP contribution in [-0.4, -0.2) is 89.5 Å². The molecule has 2 aromatic heterocycles. The van der Waals surface area contributed by atoms with Gasteiger partial charge in [-0.3, -0.25) is 14.5 Å². The number of nitrogens with zero attached hydrogens (tertiary/aromatic N) is 5. The van der Waals surface area contributed by atoms with Crippen molar-refractivity contribution in [1.29, 1.82) is 0 Å². The van der Waals surface area contributed by atoms with Crippen LogP contribution in [-0.2, 0) is 11.2 Å². The van der Waals surface area contributed by atoms with Crippen LogP contribution >= 0.6 is 0 Å². The van der Waals surface area contributed by atoms with Gasteiger partial charge in [-0.2, -0.15) is 0 Å². The van der Waals surface area contributed by atoms with Crippen molar-refractivity contribution in [2.75, 3.05) is 57.8 Å². The normalized spacial score (nSPS) is 13.8. The third-order valence-corrected chi connectivity index (χ3v) is 7.46. The summed E-state index contributed by atoms with van der Waals surface area (Å²) < 4.78 is 5.24. The van der Waals surface area contributed by atoms with Crippen molar-refractivity contribution in [3.63, 3.8) is 0 Å². The van der Waals surface area contributed by atoms with Gasteiger partial charge in [-0.15, -0.1) is 0 Å². The number of nitrogens with one attached hydrogen (secondary N) is 2. The minimum atomic E-state index is -0.0942. The molecule has 2 aromatic carbocycles. The predicted molar refractivity (Wildman–Crippen MR) is 160 cm³/mol. The molecule has 2 N–H and O–H groups in total. The number of rotatable bonds is 11. The minimum Gasteiger partial charge on any atom is -0.497 e. The first-order chi connectivity index (χ1) is 20.0. The van der Waals surface area contributed by atoms with E-state index in [9.17, 15) is 9.59 Å². The highest BCUT2D eigenvalue weighted by Gasteiger charge is 2.23. The number of amides is 2. The van der Waals surface area contributed by atoms with Gasteiger partial charge in [0, 0.05) is 63.6 Å². The van der Waals surface area contributed by atoms with Crippen molar-refractivity contribution in [3.05, 3.63) is 78.2 Å². The molecule has 0 unspecified atom stereocenters. The van der Waals surface area contributed by atoms with Gasteiger partial charge in [-0.25, -0.2) is 9.97 Å². The second kappa shape index (κ2) is 13.3. The maximum absolute atomic E-state index is 13.5. The zero-order valence-electron chi connectivity index (χ0n) is 23.7. The average molecular weight is 556 g/mol. The molecule has 0 radical (unpaired) electrons. The fourth-order valence-electron chi connectivity index (χ4n) is 5.24. The van der Waals surface area contributed by atoms with Crippen LogP contribution < -0.4 is 15.0 Å². The summed E-state index contributed by atoms with van der Waals surface area (Å²) >= 11 is 0. The number of fused-ring (bicyclic) bond motifs is 1. The molecular weight excluding hydrogens is 518 g/mol. The maximum Gasteiger partial charge on any atom is 0.254 e. The lowest BCUT2D eigenvalue weighted by atomic mass is 10.1. The molecule has 0 aliphatic carbocycles. The molecule has 10 nitrogen and oxygen atoms in total. The highest BCUT2D eigenvalue weighted by molar-refractivity contribution is 5.96. The van der Waals surface area contributed by atoms with E-state index in [1.54, 1.807) is 7.11 Å². The van der Waals surface area contributed by atoms with Gasteiger partial charge in [0.25, 0.3) is 5.91 Å². The van der Waals surface area contributed by atoms with E-state index in [0.717, 1.165) is 60.8 Å². The van der Waals surface area contributed by atoms with Crippen LogP contribution in [0, 0.1) is 0 Å². The Morgan fingerprint density at radius 3 is 2.61 bits per heavy atom. The van der Waals surface area contributed by atoms with Crippen LogP contribution in [0.5, 0.6) is 5.75 Å². The molecule has 10 heteroatoms. The van der Waals surface area contributed by atoms with Crippen LogP contribution in [0.15, 0.2) is 67.1 Å². The Labute approximate surface area is 240 Å². The molecule has 1 aliphatic rings. The first kappa shape index (κ1) is 28.1. The molecule has 41 heavy (non-hydrogen) atoms. The fourth-order valence-corrected chi connectivity index (χ4v) is 5.24. The van der Waals surface area contributed by atoms with Crippen molar-refractivity contribution >= 4 is 34.4 Å². The first-order valence-corrected chi connectivity index (χ1v) is 14.1. The number of aromatic nitrogens is 3. The molecule has 5 rings (SSSR count). The van der Waals surface area contributed by atoms with E-state index in [1.807, 2.05) is 58.5 Å². The minimum absolute atomic E-state index is 0.0287. The lowest BCUT2D eigenvalue weighted by molar-refractivity contribution is -0.118. The number of aromatic amines is 1. The van der Waals surface area contributed by atoms with E-state index in [4.69, 9.17) is 4.74 Å². The first-order valence-electron chi connectivity index (χ1n) is 14.1. The summed E-state index contributed by atoms with van der Waals surface area (Å²) in [6.45, 7) is 6.57. The SMILES string of the molecule is COc1ccc(CCCN2CCN(C(=O)c3cccc(N(CCNC(C)=O)c4ncnc5[nH]ccc45)c3)CC2)cc1. The summed E-state index contributed by atoms with van der Waals surface area (Å²) in [4.78, 5) is 43.5. The van der Waals surface area contributed by atoms with Crippen molar-refractivity contribution in [1.82, 2.24) is 30.1 Å². The van der Waals surface area contributed by atoms with Gasteiger partial charge in [0.05, 0.1) is 12.5 Å². The molecule has 0 spiro atoms. The molecule has 1 aliphatic heterocycles. The molecule has 0 atom stereocenters. The van der Waals surface area contributed by atoms with Crippen LogP contribution in [0.25, 0.3) is 11.0 Å². The van der Waals surface area contributed by atoms with E-state index in [-0.39, 0.29) is 11.8 Å². The topological polar surface area (TPSA) is 107 Å². The Morgan fingerprint density at radius 2 is 1.85 bits per heavy atom. The number of carbonyl (C=O) groups is 2. The van der Waals surface area contributed by atoms with E-state index in [1.165, 1.54) is 18.8 Å². The largest absolute Gasteiger partial charge is 0.497 e. The van der Waals surface area contributed by atoms with Gasteiger partial charge >= 0.3 is 0 Å². The van der Waals surface area contributed by atoms with Crippen LogP contribution in [0.3, 0.4) is 0 Å². The molecule has 2 amide bonds. The van der Waals surface area contributed by atoms with Crippen molar-refractivity contribution in [2.24, 2.45) is 0 Å². The smallest absolute Gasteiger partial charge is 0.254 e. The van der Waals surface area contributed by atoms with Crippen LogP contribution in [0.4, 0.5) is 11.5 Å². The maximum atomic E-state index is 13.5. The average Bonchev–Trinajstić information content (AvgIpc) is 3.49. The molecule has 214 valence electrons. The van der Waals surface area contributed by atoms with E-state index in [2.05, 4.69) is 37.3 Å². The fraction of sp³-hybridized carbons (Fsp3) is 0.355. The van der Waals surface area contributed by atoms with Crippen molar-refractivity contribution in [3.8, 4) is 5.75 Å². The third kappa shape index (κ3) is 7.01. The lowest BCUT2D eigenvalue weighted by Gasteiger charge is -2.35. The van der Waals surface area contributed by atoms with E-state index in [0.29, 0.717) is 31.7 Å². The summed E-state index contributed by atoms with van der Waals surface area (Å²) in [5, 5.41) is 3.73. The molecule has 1 fully saturated rings. The summed E-state index contributed by atoms with van der Waals surface area (Å²) in [6, 6.07) is 17.8. The molecule has 0 saturated carbocycles. The van der Waals surface area contributed by atoms with Crippen LogP contribution in [0.1, 0.15) is 29.3 Å². The summed E-state index contributed by atoms with van der Waals surface area (Å²) in [5.74, 6) is 1.53. The number of benzene rings is 2. The van der Waals surface area contributed by atoms with Gasteiger partial charge in [0.1, 0.15) is 23.5 Å². The third-order valence-electron chi connectivity index (χ3n) is 7.46. The number of piperazine rings is 1. The molecule has 1 saturated heterocycles. The van der Waals surface area contributed by atoms with Gasteiger partial charge in [-0.05, 0) is 61.3 Å². The van der Waals surface area contributed by atoms with Crippen LogP contribution in [0.2, 0.25) is 0 Å². The Kier molecular flexibility index (Phi) is 9.10. The van der Waals surface area contributed by atoms with E-state index >= 15 is 0 Å². The zero-order valence-corrected chi connectivity index (χ0v) is 23.7. The Balaban J connectivity index is 1.21. The molecule has 3 heterocycles. The lowest BCUT2D eigenvalue weighted by Crippen LogP contribution is -2.48. The number of hydrogen-bond donors (Lipinski definition) is 2. The van der Waals surface area contributed by atoms with Crippen molar-refractivity contribution < 1.29 is 14.3 Å². The monoisotopic (exact) mass is 555 g/mol. The number of H-pyrrole nitrogens is 1. The summed E-state index contributed by atoms with van der Waals surface area (Å²) in [6.07, 6.45) is 5.45. The predicted octanol–water partition coefficient (Wildman–Crippen LogP) is 3.63. The number of anilines is 2. The van der Waals surface area contributed by atoms with Gasteiger partial charge in [0.15, 0.2) is 0 Å². The quantitative estimate of drug-likeness (QED) is 0.291. The number of methoxy groups -OCH3 is 1. The number of aryl methyl sites for hydroxylation is 1. The standard InChI is InChI=1S/C31H37N7O3/c1-23(39)32-14-16-38(30-28-12-13-33-29(28)34-22-35-30)26-7-3-6-25(21-26)31(40)37-19-17-36(18-20-37)15-4-5-24-8-10-27(41-2)11-9-24/h3,6-13,21-22H,4-5,14-20H2,1-2H3,(H,32,39)(H,33,34,35). The molecule has 0 bridgehead atoms. The number of carbonyl (C=O) groups excluding carboxylic acids is 2. The molecule has 4 aromatic rings. The Morgan fingerprint density at radius 1 is 1.05 bits per heavy atom. The Hall–Kier alpha value is -4.44. The van der Waals surface area contributed by atoms with Gasteiger partial charge in [-0.1, -0.05) is 18.2 Å². The highest BCUT2D eigenvalue weighted by atomic mass is 16.5. The number of ether oxygens (including phenoxy) is 1. The zero-order chi connectivity index (χ0) is 28.6. The Bertz CT molecular complexity index is 1460. The van der Waals surface area contributed by atoms with Crippen molar-refractivity contribution in [2.45, 2.75) is 19.8 Å². The second-order valence-electron chi connectivity index (χ2n) is 10.2. The number of hydrogen-bond acceptors (Lipinski definition) is 7. The van der Waals surface area contributed by atoms with Gasteiger partial charge < -0.3 is 24.8 Å². The highest BCUT2D eigenvalue weighted by Crippen LogP contribution is 2.29. The van der Waals surface area contributed by atoms with E-state index < -0.39 is 0 Å². The second-order valence-corrected chi connectivity index (χ2v) is 10.2. The summed E-state index contributed by atoms with van der Waals surface area (Å²) in [5.41, 5.74) is 3.51.